The van der Waals surface area contributed by atoms with E-state index in [1.807, 2.05) is 6.92 Å². The third-order valence-corrected chi connectivity index (χ3v) is 4.34. The summed E-state index contributed by atoms with van der Waals surface area (Å²) in [5.41, 5.74) is 0.698. The molecule has 1 unspecified atom stereocenters. The molecule has 5 nitrogen and oxygen atoms in total. The number of aromatic nitrogens is 2. The first-order chi connectivity index (χ1) is 9.02. The molecule has 106 valence electrons. The van der Waals surface area contributed by atoms with Crippen molar-refractivity contribution in [3.05, 3.63) is 16.4 Å². The molecule has 1 aromatic heterocycles. The highest BCUT2D eigenvalue weighted by Gasteiger charge is 2.27. The molecule has 0 radical (unpaired) electrons. The lowest BCUT2D eigenvalue weighted by Crippen LogP contribution is -2.50. The van der Waals surface area contributed by atoms with Crippen LogP contribution in [0.4, 0.5) is 0 Å². The standard InChI is InChI=1S/C13H21BrN4O/c1-4-18-13(11(14)8-15-18)12(19)7-10-9-16(2)5-6-17(10)3/h8,10H,4-7,9H2,1-3H3. The number of Topliss-reactive ketones (excluding diaryl/α,β-unsaturated/α-hetero) is 1. The van der Waals surface area contributed by atoms with Crippen LogP contribution in [0.15, 0.2) is 10.7 Å². The summed E-state index contributed by atoms with van der Waals surface area (Å²) < 4.78 is 2.56. The van der Waals surface area contributed by atoms with Crippen LogP contribution < -0.4 is 0 Å². The zero-order valence-electron chi connectivity index (χ0n) is 11.8. The van der Waals surface area contributed by atoms with Crippen molar-refractivity contribution in [3.63, 3.8) is 0 Å². The molecule has 1 saturated heterocycles. The highest BCUT2D eigenvalue weighted by Crippen LogP contribution is 2.20. The topological polar surface area (TPSA) is 41.4 Å². The Labute approximate surface area is 122 Å². The lowest BCUT2D eigenvalue weighted by Gasteiger charge is -2.37. The van der Waals surface area contributed by atoms with Gasteiger partial charge in [-0.2, -0.15) is 5.10 Å². The van der Waals surface area contributed by atoms with Gasteiger partial charge < -0.3 is 9.80 Å². The molecule has 1 aliphatic heterocycles. The second kappa shape index (κ2) is 6.15. The van der Waals surface area contributed by atoms with Gasteiger partial charge in [0.1, 0.15) is 5.69 Å². The summed E-state index contributed by atoms with van der Waals surface area (Å²) in [5, 5.41) is 4.21. The van der Waals surface area contributed by atoms with Crippen LogP contribution in [0.5, 0.6) is 0 Å². The molecule has 19 heavy (non-hydrogen) atoms. The van der Waals surface area contributed by atoms with Crippen LogP contribution in [0.3, 0.4) is 0 Å². The van der Waals surface area contributed by atoms with Crippen LogP contribution in [-0.4, -0.2) is 65.1 Å². The SMILES string of the molecule is CCn1ncc(Br)c1C(=O)CC1CN(C)CCN1C. The Hall–Kier alpha value is -0.720. The minimum absolute atomic E-state index is 0.165. The fraction of sp³-hybridized carbons (Fsp3) is 0.692. The summed E-state index contributed by atoms with van der Waals surface area (Å²) in [6.45, 7) is 5.74. The number of hydrogen-bond acceptors (Lipinski definition) is 4. The molecule has 0 spiro atoms. The van der Waals surface area contributed by atoms with Gasteiger partial charge in [-0.25, -0.2) is 0 Å². The average molecular weight is 329 g/mol. The van der Waals surface area contributed by atoms with Crippen molar-refractivity contribution >= 4 is 21.7 Å². The lowest BCUT2D eigenvalue weighted by molar-refractivity contribution is 0.0801. The van der Waals surface area contributed by atoms with Gasteiger partial charge in [0.25, 0.3) is 0 Å². The normalized spacial score (nSPS) is 21.8. The van der Waals surface area contributed by atoms with Crippen molar-refractivity contribution in [3.8, 4) is 0 Å². The molecule has 0 aliphatic carbocycles. The molecule has 1 aromatic rings. The first-order valence-corrected chi connectivity index (χ1v) is 7.45. The van der Waals surface area contributed by atoms with E-state index in [1.165, 1.54) is 0 Å². The van der Waals surface area contributed by atoms with E-state index in [0.717, 1.165) is 24.1 Å². The third kappa shape index (κ3) is 3.24. The number of carbonyl (C=O) groups is 1. The van der Waals surface area contributed by atoms with Crippen LogP contribution >= 0.6 is 15.9 Å². The van der Waals surface area contributed by atoms with Gasteiger partial charge in [0.15, 0.2) is 5.78 Å². The number of ketones is 1. The summed E-state index contributed by atoms with van der Waals surface area (Å²) in [5.74, 6) is 0.165. The minimum atomic E-state index is 0.165. The van der Waals surface area contributed by atoms with E-state index < -0.39 is 0 Å². The fourth-order valence-corrected chi connectivity index (χ4v) is 3.03. The second-order valence-corrected chi connectivity index (χ2v) is 6.04. The first kappa shape index (κ1) is 14.7. The average Bonchev–Trinajstić information content (AvgIpc) is 2.75. The molecule has 1 fully saturated rings. The summed E-state index contributed by atoms with van der Waals surface area (Å²) >= 11 is 3.42. The molecular formula is C13H21BrN4O. The zero-order chi connectivity index (χ0) is 14.0. The van der Waals surface area contributed by atoms with Gasteiger partial charge in [-0.1, -0.05) is 0 Å². The number of likely N-dealkylation sites (N-methyl/N-ethyl adjacent to an activating group) is 2. The molecule has 1 atom stereocenters. The van der Waals surface area contributed by atoms with Crippen molar-refractivity contribution in [1.29, 1.82) is 0 Å². The van der Waals surface area contributed by atoms with Crippen LogP contribution in [0.1, 0.15) is 23.8 Å². The van der Waals surface area contributed by atoms with Crippen molar-refractivity contribution in [2.24, 2.45) is 0 Å². The molecule has 2 rings (SSSR count). The molecule has 2 heterocycles. The Kier molecular flexibility index (Phi) is 4.76. The largest absolute Gasteiger partial charge is 0.304 e. The number of piperazine rings is 1. The van der Waals surface area contributed by atoms with E-state index in [-0.39, 0.29) is 5.78 Å². The molecule has 0 bridgehead atoms. The highest BCUT2D eigenvalue weighted by molar-refractivity contribution is 9.10. The Morgan fingerprint density at radius 1 is 1.47 bits per heavy atom. The van der Waals surface area contributed by atoms with Crippen molar-refractivity contribution in [2.75, 3.05) is 33.7 Å². The van der Waals surface area contributed by atoms with E-state index in [4.69, 9.17) is 0 Å². The van der Waals surface area contributed by atoms with Crippen molar-refractivity contribution in [1.82, 2.24) is 19.6 Å². The molecular weight excluding hydrogens is 308 g/mol. The summed E-state index contributed by atoms with van der Waals surface area (Å²) in [7, 11) is 4.20. The van der Waals surface area contributed by atoms with Crippen LogP contribution in [0.25, 0.3) is 0 Å². The zero-order valence-corrected chi connectivity index (χ0v) is 13.4. The number of aryl methyl sites for hydroxylation is 1. The van der Waals surface area contributed by atoms with E-state index in [1.54, 1.807) is 10.9 Å². The maximum Gasteiger partial charge on any atom is 0.183 e. The van der Waals surface area contributed by atoms with E-state index in [2.05, 4.69) is 44.9 Å². The van der Waals surface area contributed by atoms with E-state index in [9.17, 15) is 4.79 Å². The number of rotatable bonds is 4. The number of carbonyl (C=O) groups excluding carboxylic acids is 1. The Morgan fingerprint density at radius 2 is 2.21 bits per heavy atom. The van der Waals surface area contributed by atoms with Crippen molar-refractivity contribution < 1.29 is 4.79 Å². The van der Waals surface area contributed by atoms with Gasteiger partial charge in [0.05, 0.1) is 10.7 Å². The number of hydrogen-bond donors (Lipinski definition) is 0. The van der Waals surface area contributed by atoms with Gasteiger partial charge in [0.2, 0.25) is 0 Å². The molecule has 6 heteroatoms. The Bertz CT molecular complexity index is 459. The van der Waals surface area contributed by atoms with Crippen molar-refractivity contribution in [2.45, 2.75) is 25.9 Å². The maximum absolute atomic E-state index is 12.5. The maximum atomic E-state index is 12.5. The molecule has 0 amide bonds. The highest BCUT2D eigenvalue weighted by atomic mass is 79.9. The summed E-state index contributed by atoms with van der Waals surface area (Å²) in [4.78, 5) is 17.0. The molecule has 0 saturated carbocycles. The van der Waals surface area contributed by atoms with Gasteiger partial charge in [-0.15, -0.1) is 0 Å². The Morgan fingerprint density at radius 3 is 2.89 bits per heavy atom. The van der Waals surface area contributed by atoms with Gasteiger partial charge in [-0.05, 0) is 36.9 Å². The number of nitrogens with zero attached hydrogens (tertiary/aromatic N) is 4. The fourth-order valence-electron chi connectivity index (χ4n) is 2.51. The predicted octanol–water partition coefficient (Wildman–Crippen LogP) is 1.48. The predicted molar refractivity (Wildman–Crippen MR) is 78.5 cm³/mol. The third-order valence-electron chi connectivity index (χ3n) is 3.76. The quantitative estimate of drug-likeness (QED) is 0.785. The van der Waals surface area contributed by atoms with Gasteiger partial charge in [-0.3, -0.25) is 9.48 Å². The second-order valence-electron chi connectivity index (χ2n) is 5.18. The molecule has 1 aliphatic rings. The minimum Gasteiger partial charge on any atom is -0.304 e. The Balaban J connectivity index is 2.10. The first-order valence-electron chi connectivity index (χ1n) is 6.66. The summed E-state index contributed by atoms with van der Waals surface area (Å²) in [6.07, 6.45) is 2.25. The van der Waals surface area contributed by atoms with Gasteiger partial charge >= 0.3 is 0 Å². The molecule has 0 N–H and O–H groups in total. The number of halogens is 1. The monoisotopic (exact) mass is 328 g/mol. The van der Waals surface area contributed by atoms with Crippen LogP contribution in [-0.2, 0) is 6.54 Å². The van der Waals surface area contributed by atoms with E-state index in [0.29, 0.717) is 24.7 Å². The van der Waals surface area contributed by atoms with Gasteiger partial charge in [0, 0.05) is 38.6 Å². The van der Waals surface area contributed by atoms with Crippen LogP contribution in [0.2, 0.25) is 0 Å². The van der Waals surface area contributed by atoms with Crippen LogP contribution in [0, 0.1) is 0 Å². The smallest absolute Gasteiger partial charge is 0.183 e. The lowest BCUT2D eigenvalue weighted by atomic mass is 10.0. The van der Waals surface area contributed by atoms with E-state index >= 15 is 0 Å². The molecule has 0 aromatic carbocycles. The summed E-state index contributed by atoms with van der Waals surface area (Å²) in [6, 6.07) is 0.290.